The van der Waals surface area contributed by atoms with Crippen molar-refractivity contribution in [2.75, 3.05) is 0 Å². The summed E-state index contributed by atoms with van der Waals surface area (Å²) in [6.45, 7) is 8.30. The van der Waals surface area contributed by atoms with Crippen molar-refractivity contribution >= 4 is 28.6 Å². The van der Waals surface area contributed by atoms with E-state index >= 15 is 0 Å². The smallest absolute Gasteiger partial charge is 0.398 e. The van der Waals surface area contributed by atoms with Gasteiger partial charge in [-0.05, 0) is 69.0 Å². The maximum atomic E-state index is 6.12. The number of halogens is 1. The van der Waals surface area contributed by atoms with Gasteiger partial charge in [-0.25, -0.2) is 0 Å². The number of nitrogens with zero attached hydrogens (tertiary/aromatic N) is 2. The molecule has 0 bridgehead atoms. The SMILES string of the molecule is CC1(C)OB(c2cc(Br)nn2C2CCC2)OC1(C)C. The van der Waals surface area contributed by atoms with Gasteiger partial charge in [0.2, 0.25) is 0 Å². The van der Waals surface area contributed by atoms with Gasteiger partial charge in [0.25, 0.3) is 0 Å². The summed E-state index contributed by atoms with van der Waals surface area (Å²) in [4.78, 5) is 0. The Labute approximate surface area is 123 Å². The zero-order valence-corrected chi connectivity index (χ0v) is 13.5. The number of hydrogen-bond acceptors (Lipinski definition) is 3. The van der Waals surface area contributed by atoms with Crippen molar-refractivity contribution < 1.29 is 9.31 Å². The third-order valence-corrected chi connectivity index (χ3v) is 5.04. The van der Waals surface area contributed by atoms with Gasteiger partial charge in [0.15, 0.2) is 0 Å². The van der Waals surface area contributed by atoms with E-state index < -0.39 is 0 Å². The van der Waals surface area contributed by atoms with Crippen molar-refractivity contribution in [2.45, 2.75) is 64.2 Å². The first-order valence-corrected chi connectivity index (χ1v) is 7.70. The Bertz CT molecular complexity index is 481. The Morgan fingerprint density at radius 2 is 1.84 bits per heavy atom. The number of aromatic nitrogens is 2. The lowest BCUT2D eigenvalue weighted by Crippen LogP contribution is -2.42. The first-order chi connectivity index (χ1) is 8.80. The Morgan fingerprint density at radius 1 is 1.26 bits per heavy atom. The summed E-state index contributed by atoms with van der Waals surface area (Å²) < 4.78 is 15.2. The molecule has 19 heavy (non-hydrogen) atoms. The van der Waals surface area contributed by atoms with Crippen molar-refractivity contribution in [3.63, 3.8) is 0 Å². The van der Waals surface area contributed by atoms with Crippen LogP contribution in [0.1, 0.15) is 53.0 Å². The van der Waals surface area contributed by atoms with E-state index in [2.05, 4.69) is 53.4 Å². The van der Waals surface area contributed by atoms with Crippen LogP contribution in [0.25, 0.3) is 0 Å². The van der Waals surface area contributed by atoms with Crippen LogP contribution >= 0.6 is 15.9 Å². The van der Waals surface area contributed by atoms with Gasteiger partial charge in [0, 0.05) is 0 Å². The van der Waals surface area contributed by atoms with E-state index in [0.717, 1.165) is 10.2 Å². The second kappa shape index (κ2) is 4.33. The molecule has 0 amide bonds. The minimum Gasteiger partial charge on any atom is -0.398 e. The molecule has 2 aliphatic rings. The molecule has 1 saturated carbocycles. The molecule has 6 heteroatoms. The highest BCUT2D eigenvalue weighted by Crippen LogP contribution is 2.37. The molecule has 4 nitrogen and oxygen atoms in total. The molecule has 0 radical (unpaired) electrons. The van der Waals surface area contributed by atoms with E-state index in [1.54, 1.807) is 0 Å². The quantitative estimate of drug-likeness (QED) is 0.784. The molecule has 1 aliphatic carbocycles. The highest BCUT2D eigenvalue weighted by atomic mass is 79.9. The largest absolute Gasteiger partial charge is 0.514 e. The Balaban J connectivity index is 1.91. The average Bonchev–Trinajstić information content (AvgIpc) is 2.64. The molecule has 2 fully saturated rings. The molecule has 0 unspecified atom stereocenters. The number of hydrogen-bond donors (Lipinski definition) is 0. The highest BCUT2D eigenvalue weighted by molar-refractivity contribution is 9.10. The van der Waals surface area contributed by atoms with E-state index in [9.17, 15) is 0 Å². The summed E-state index contributed by atoms with van der Waals surface area (Å²) in [7, 11) is -0.329. The van der Waals surface area contributed by atoms with Gasteiger partial charge in [-0.2, -0.15) is 5.10 Å². The summed E-state index contributed by atoms with van der Waals surface area (Å²) in [6, 6.07) is 2.51. The summed E-state index contributed by atoms with van der Waals surface area (Å²) in [5, 5.41) is 4.55. The topological polar surface area (TPSA) is 36.3 Å². The van der Waals surface area contributed by atoms with Gasteiger partial charge in [0.1, 0.15) is 4.60 Å². The van der Waals surface area contributed by atoms with Gasteiger partial charge in [-0.3, -0.25) is 4.68 Å². The van der Waals surface area contributed by atoms with Crippen molar-refractivity contribution in [1.82, 2.24) is 9.78 Å². The lowest BCUT2D eigenvalue weighted by Gasteiger charge is -2.32. The van der Waals surface area contributed by atoms with Crippen LogP contribution in [-0.2, 0) is 9.31 Å². The Morgan fingerprint density at radius 3 is 2.32 bits per heavy atom. The summed E-state index contributed by atoms with van der Waals surface area (Å²) in [5.74, 6) is 0. The van der Waals surface area contributed by atoms with E-state index in [-0.39, 0.29) is 18.3 Å². The monoisotopic (exact) mass is 326 g/mol. The predicted octanol–water partition coefficient (Wildman–Crippen LogP) is 2.67. The van der Waals surface area contributed by atoms with E-state index in [1.165, 1.54) is 19.3 Å². The molecule has 3 rings (SSSR count). The Hall–Kier alpha value is -0.325. The molecule has 1 aliphatic heterocycles. The van der Waals surface area contributed by atoms with Crippen LogP contribution in [0.3, 0.4) is 0 Å². The van der Waals surface area contributed by atoms with Gasteiger partial charge in [-0.15, -0.1) is 0 Å². The molecular weight excluding hydrogens is 307 g/mol. The fraction of sp³-hybridized carbons (Fsp3) is 0.769. The summed E-state index contributed by atoms with van der Waals surface area (Å²) >= 11 is 3.47. The first-order valence-electron chi connectivity index (χ1n) is 6.91. The fourth-order valence-electron chi connectivity index (χ4n) is 2.44. The van der Waals surface area contributed by atoms with E-state index in [1.807, 2.05) is 6.07 Å². The normalized spacial score (nSPS) is 25.6. The molecule has 1 saturated heterocycles. The second-order valence-electron chi connectivity index (χ2n) is 6.51. The van der Waals surface area contributed by atoms with Gasteiger partial charge in [-0.1, -0.05) is 0 Å². The highest BCUT2D eigenvalue weighted by Gasteiger charge is 2.53. The van der Waals surface area contributed by atoms with Crippen molar-refractivity contribution in [1.29, 1.82) is 0 Å². The van der Waals surface area contributed by atoms with E-state index in [0.29, 0.717) is 6.04 Å². The van der Waals surface area contributed by atoms with Gasteiger partial charge < -0.3 is 9.31 Å². The van der Waals surface area contributed by atoms with Gasteiger partial charge >= 0.3 is 7.12 Å². The predicted molar refractivity (Wildman–Crippen MR) is 78.5 cm³/mol. The third kappa shape index (κ3) is 2.18. The standard InChI is InChI=1S/C13H20BBrN2O2/c1-12(2)13(3,4)19-14(18-12)10-8-11(15)16-17(10)9-6-5-7-9/h8-9H,5-7H2,1-4H3. The summed E-state index contributed by atoms with van der Waals surface area (Å²) in [5.41, 5.74) is 0.410. The molecule has 2 heterocycles. The van der Waals surface area contributed by atoms with Crippen LogP contribution < -0.4 is 5.59 Å². The van der Waals surface area contributed by atoms with Crippen LogP contribution in [0.15, 0.2) is 10.7 Å². The Kier molecular flexibility index (Phi) is 3.11. The van der Waals surface area contributed by atoms with Gasteiger partial charge in [0.05, 0.1) is 22.8 Å². The molecule has 0 aromatic carbocycles. The van der Waals surface area contributed by atoms with Crippen molar-refractivity contribution in [3.05, 3.63) is 10.7 Å². The lowest BCUT2D eigenvalue weighted by molar-refractivity contribution is 0.00578. The second-order valence-corrected chi connectivity index (χ2v) is 7.32. The minimum absolute atomic E-state index is 0.307. The molecular formula is C13H20BBrN2O2. The van der Waals surface area contributed by atoms with Crippen LogP contribution in [-0.4, -0.2) is 28.1 Å². The average molecular weight is 327 g/mol. The van der Waals surface area contributed by atoms with Crippen LogP contribution in [0.5, 0.6) is 0 Å². The number of rotatable bonds is 2. The van der Waals surface area contributed by atoms with Crippen LogP contribution in [0, 0.1) is 0 Å². The van der Waals surface area contributed by atoms with E-state index in [4.69, 9.17) is 9.31 Å². The first kappa shape index (κ1) is 13.6. The minimum atomic E-state index is -0.329. The molecule has 104 valence electrons. The summed E-state index contributed by atoms with van der Waals surface area (Å²) in [6.07, 6.45) is 3.67. The molecule has 1 aromatic rings. The fourth-order valence-corrected chi connectivity index (χ4v) is 2.85. The van der Waals surface area contributed by atoms with Crippen molar-refractivity contribution in [3.8, 4) is 0 Å². The zero-order valence-electron chi connectivity index (χ0n) is 11.9. The zero-order chi connectivity index (χ0) is 13.8. The third-order valence-electron chi connectivity index (χ3n) is 4.65. The lowest BCUT2D eigenvalue weighted by atomic mass is 9.83. The molecule has 0 N–H and O–H groups in total. The van der Waals surface area contributed by atoms with Crippen LogP contribution in [0.4, 0.5) is 0 Å². The maximum absolute atomic E-state index is 6.12. The van der Waals surface area contributed by atoms with Crippen LogP contribution in [0.2, 0.25) is 0 Å². The van der Waals surface area contributed by atoms with Crippen molar-refractivity contribution in [2.24, 2.45) is 0 Å². The maximum Gasteiger partial charge on any atom is 0.514 e. The molecule has 0 atom stereocenters. The molecule has 0 spiro atoms. The molecule has 1 aromatic heterocycles.